The van der Waals surface area contributed by atoms with Crippen molar-refractivity contribution in [2.75, 3.05) is 25.5 Å². The lowest BCUT2D eigenvalue weighted by molar-refractivity contribution is -0.384. The number of nitrogens with zero attached hydrogens (tertiary/aromatic N) is 4. The van der Waals surface area contributed by atoms with Crippen LogP contribution in [0.25, 0.3) is 11.4 Å². The Kier molecular flexibility index (Phi) is 6.99. The third-order valence-corrected chi connectivity index (χ3v) is 5.93. The zero-order chi connectivity index (χ0) is 23.4. The van der Waals surface area contributed by atoms with E-state index in [4.69, 9.17) is 9.26 Å². The summed E-state index contributed by atoms with van der Waals surface area (Å²) in [6.07, 6.45) is 1.55. The van der Waals surface area contributed by atoms with Gasteiger partial charge in [0.2, 0.25) is 17.6 Å². The molecule has 3 aromatic rings. The number of hydrogen-bond acceptors (Lipinski definition) is 8. The zero-order valence-electron chi connectivity index (χ0n) is 17.9. The van der Waals surface area contributed by atoms with E-state index in [0.717, 1.165) is 23.0 Å². The van der Waals surface area contributed by atoms with Gasteiger partial charge in [0.15, 0.2) is 0 Å². The van der Waals surface area contributed by atoms with Crippen molar-refractivity contribution in [1.82, 2.24) is 15.0 Å². The third-order valence-electron chi connectivity index (χ3n) is 5.44. The number of nitro benzene ring substituents is 1. The van der Waals surface area contributed by atoms with Crippen molar-refractivity contribution in [2.24, 2.45) is 5.92 Å². The Balaban J connectivity index is 1.40. The molecule has 1 N–H and O–H groups in total. The number of ether oxygens (including phenoxy) is 1. The molecule has 0 aliphatic carbocycles. The molecule has 1 aliphatic rings. The summed E-state index contributed by atoms with van der Waals surface area (Å²) in [4.78, 5) is 30.1. The van der Waals surface area contributed by atoms with Crippen LogP contribution in [-0.4, -0.2) is 46.1 Å². The predicted octanol–water partition coefficient (Wildman–Crippen LogP) is 4.27. The second-order valence-electron chi connectivity index (χ2n) is 7.73. The summed E-state index contributed by atoms with van der Waals surface area (Å²) in [5.41, 5.74) is 1.01. The van der Waals surface area contributed by atoms with E-state index in [2.05, 4.69) is 36.3 Å². The first kappa shape index (κ1) is 22.9. The first-order valence-corrected chi connectivity index (χ1v) is 11.2. The average Bonchev–Trinajstić information content (AvgIpc) is 3.27. The third kappa shape index (κ3) is 5.55. The minimum absolute atomic E-state index is 0.117. The number of non-ortho nitro benzene ring substituents is 1. The van der Waals surface area contributed by atoms with Gasteiger partial charge >= 0.3 is 0 Å². The maximum absolute atomic E-state index is 12.9. The minimum atomic E-state index is -0.510. The molecule has 2 aromatic carbocycles. The summed E-state index contributed by atoms with van der Waals surface area (Å²) in [6.45, 7) is 1.75. The summed E-state index contributed by atoms with van der Waals surface area (Å²) in [6, 6.07) is 11.8. The SMILES string of the molecule is COc1ccc([N+](=O)[O-])cc1NC(=O)C1CCCN(Cc2nc(-c3cccc(Br)c3)no2)C1. The van der Waals surface area contributed by atoms with Crippen molar-refractivity contribution in [2.45, 2.75) is 19.4 Å². The molecule has 1 aliphatic heterocycles. The smallest absolute Gasteiger partial charge is 0.271 e. The van der Waals surface area contributed by atoms with Crippen LogP contribution in [0.1, 0.15) is 18.7 Å². The first-order chi connectivity index (χ1) is 15.9. The highest BCUT2D eigenvalue weighted by molar-refractivity contribution is 9.10. The Morgan fingerprint density at radius 1 is 1.36 bits per heavy atom. The van der Waals surface area contributed by atoms with E-state index in [0.29, 0.717) is 37.0 Å². The van der Waals surface area contributed by atoms with E-state index < -0.39 is 4.92 Å². The maximum atomic E-state index is 12.9. The van der Waals surface area contributed by atoms with Crippen molar-refractivity contribution in [1.29, 1.82) is 0 Å². The van der Waals surface area contributed by atoms with Gasteiger partial charge in [0, 0.05) is 28.7 Å². The normalized spacial score (nSPS) is 16.4. The number of anilines is 1. The van der Waals surface area contributed by atoms with E-state index in [-0.39, 0.29) is 23.2 Å². The number of likely N-dealkylation sites (tertiary alicyclic amines) is 1. The molecule has 0 radical (unpaired) electrons. The van der Waals surface area contributed by atoms with E-state index in [9.17, 15) is 14.9 Å². The number of methoxy groups -OCH3 is 1. The van der Waals surface area contributed by atoms with Crippen LogP contribution in [0.2, 0.25) is 0 Å². The number of nitro groups is 1. The number of carbonyl (C=O) groups is 1. The molecule has 33 heavy (non-hydrogen) atoms. The molecule has 1 aromatic heterocycles. The summed E-state index contributed by atoms with van der Waals surface area (Å²) in [7, 11) is 1.45. The predicted molar refractivity (Wildman–Crippen MR) is 124 cm³/mol. The van der Waals surface area contributed by atoms with E-state index >= 15 is 0 Å². The maximum Gasteiger partial charge on any atom is 0.271 e. The fourth-order valence-corrected chi connectivity index (χ4v) is 4.21. The van der Waals surface area contributed by atoms with Crippen molar-refractivity contribution in [3.63, 3.8) is 0 Å². The number of halogens is 1. The van der Waals surface area contributed by atoms with Crippen molar-refractivity contribution in [3.8, 4) is 17.1 Å². The lowest BCUT2D eigenvalue weighted by Crippen LogP contribution is -2.40. The molecule has 1 atom stereocenters. The van der Waals surface area contributed by atoms with Crippen LogP contribution in [0.4, 0.5) is 11.4 Å². The second kappa shape index (κ2) is 10.1. The standard InChI is InChI=1S/C22H22BrN5O5/c1-32-19-8-7-17(28(30)31)11-18(19)24-22(29)15-5-3-9-27(12-15)13-20-25-21(26-33-20)14-4-2-6-16(23)10-14/h2,4,6-8,10-11,15H,3,5,9,12-13H2,1H3,(H,24,29). The van der Waals surface area contributed by atoms with Gasteiger partial charge in [-0.15, -0.1) is 0 Å². The molecular formula is C22H22BrN5O5. The minimum Gasteiger partial charge on any atom is -0.495 e. The topological polar surface area (TPSA) is 124 Å². The van der Waals surface area contributed by atoms with E-state index in [1.54, 1.807) is 0 Å². The van der Waals surface area contributed by atoms with Crippen molar-refractivity contribution < 1.29 is 19.0 Å². The molecule has 1 saturated heterocycles. The van der Waals surface area contributed by atoms with Crippen LogP contribution < -0.4 is 10.1 Å². The molecular weight excluding hydrogens is 494 g/mol. The fourth-order valence-electron chi connectivity index (χ4n) is 3.81. The van der Waals surface area contributed by atoms with Crippen LogP contribution >= 0.6 is 15.9 Å². The van der Waals surface area contributed by atoms with Gasteiger partial charge in [-0.1, -0.05) is 33.2 Å². The Labute approximate surface area is 198 Å². The number of amides is 1. The molecule has 0 spiro atoms. The lowest BCUT2D eigenvalue weighted by atomic mass is 9.97. The Hall–Kier alpha value is -3.31. The van der Waals surface area contributed by atoms with Crippen LogP contribution in [0.5, 0.6) is 5.75 Å². The van der Waals surface area contributed by atoms with Crippen LogP contribution in [0, 0.1) is 16.0 Å². The highest BCUT2D eigenvalue weighted by atomic mass is 79.9. The zero-order valence-corrected chi connectivity index (χ0v) is 19.4. The van der Waals surface area contributed by atoms with Gasteiger partial charge in [-0.2, -0.15) is 4.98 Å². The summed E-state index contributed by atoms with van der Waals surface area (Å²) < 4.78 is 11.6. The van der Waals surface area contributed by atoms with E-state index in [1.165, 1.54) is 25.3 Å². The highest BCUT2D eigenvalue weighted by Gasteiger charge is 2.28. The molecule has 1 amide bonds. The number of rotatable bonds is 7. The number of nitrogens with one attached hydrogen (secondary N) is 1. The molecule has 10 nitrogen and oxygen atoms in total. The first-order valence-electron chi connectivity index (χ1n) is 10.4. The molecule has 1 fully saturated rings. The average molecular weight is 516 g/mol. The Bertz CT molecular complexity index is 1170. The van der Waals surface area contributed by atoms with Crippen molar-refractivity contribution >= 4 is 33.2 Å². The van der Waals surface area contributed by atoms with Gasteiger partial charge in [-0.05, 0) is 37.6 Å². The Morgan fingerprint density at radius 2 is 2.21 bits per heavy atom. The highest BCUT2D eigenvalue weighted by Crippen LogP contribution is 2.30. The van der Waals surface area contributed by atoms with E-state index in [1.807, 2.05) is 24.3 Å². The number of benzene rings is 2. The number of aromatic nitrogens is 2. The van der Waals surface area contributed by atoms with Gasteiger partial charge in [0.05, 0.1) is 30.2 Å². The molecule has 1 unspecified atom stereocenters. The van der Waals surface area contributed by atoms with Gasteiger partial charge < -0.3 is 14.6 Å². The molecule has 0 saturated carbocycles. The molecule has 2 heterocycles. The van der Waals surface area contributed by atoms with Gasteiger partial charge in [-0.25, -0.2) is 0 Å². The fraction of sp³-hybridized carbons (Fsp3) is 0.318. The van der Waals surface area contributed by atoms with Crippen LogP contribution in [0.15, 0.2) is 51.5 Å². The van der Waals surface area contributed by atoms with Gasteiger partial charge in [0.25, 0.3) is 5.69 Å². The van der Waals surface area contributed by atoms with Crippen molar-refractivity contribution in [3.05, 3.63) is 62.9 Å². The Morgan fingerprint density at radius 3 is 2.97 bits per heavy atom. The summed E-state index contributed by atoms with van der Waals surface area (Å²) in [5.74, 6) is 0.864. The number of hydrogen-bond donors (Lipinski definition) is 1. The molecule has 4 rings (SSSR count). The molecule has 11 heteroatoms. The monoisotopic (exact) mass is 515 g/mol. The van der Waals surface area contributed by atoms with Crippen LogP contribution in [-0.2, 0) is 11.3 Å². The van der Waals surface area contributed by atoms with Crippen LogP contribution in [0.3, 0.4) is 0 Å². The number of carbonyl (C=O) groups excluding carboxylic acids is 1. The van der Waals surface area contributed by atoms with Gasteiger partial charge in [0.1, 0.15) is 5.75 Å². The second-order valence-corrected chi connectivity index (χ2v) is 8.64. The summed E-state index contributed by atoms with van der Waals surface area (Å²) in [5, 5.41) is 17.9. The molecule has 172 valence electrons. The summed E-state index contributed by atoms with van der Waals surface area (Å²) >= 11 is 3.44. The quantitative estimate of drug-likeness (QED) is 0.365. The molecule has 0 bridgehead atoms. The van der Waals surface area contributed by atoms with Gasteiger partial charge in [-0.3, -0.25) is 19.8 Å². The largest absolute Gasteiger partial charge is 0.495 e. The number of piperidine rings is 1. The lowest BCUT2D eigenvalue weighted by Gasteiger charge is -2.30.